The molecule has 0 aromatic rings. The first kappa shape index (κ1) is 24.3. The van der Waals surface area contributed by atoms with Gasteiger partial charge in [-0.1, -0.05) is 121 Å². The van der Waals surface area contributed by atoms with Crippen LogP contribution in [-0.4, -0.2) is 17.9 Å². The molecular formula is C16H38KNSi2. The van der Waals surface area contributed by atoms with E-state index in [1.54, 1.807) is 0 Å². The summed E-state index contributed by atoms with van der Waals surface area (Å²) in [5, 5.41) is 1.02. The van der Waals surface area contributed by atoms with E-state index >= 15 is 0 Å². The summed E-state index contributed by atoms with van der Waals surface area (Å²) in [6.07, 6.45) is 8.12. The van der Waals surface area contributed by atoms with Gasteiger partial charge in [0.2, 0.25) is 0 Å². The Labute approximate surface area is 175 Å². The van der Waals surface area contributed by atoms with Gasteiger partial charge >= 0.3 is 51.4 Å². The largest absolute Gasteiger partial charge is 1.00 e. The molecule has 0 spiro atoms. The van der Waals surface area contributed by atoms with Gasteiger partial charge in [-0.25, -0.2) is 0 Å². The Morgan fingerprint density at radius 1 is 0.750 bits per heavy atom. The van der Waals surface area contributed by atoms with E-state index in [0.29, 0.717) is 10.1 Å². The smallest absolute Gasteiger partial charge is 0.671 e. The van der Waals surface area contributed by atoms with E-state index in [-0.39, 0.29) is 51.4 Å². The van der Waals surface area contributed by atoms with Crippen LogP contribution in [0.1, 0.15) is 80.1 Å². The molecule has 0 heterocycles. The Hall–Kier alpha value is 2.03. The maximum absolute atomic E-state index is 5.40. The second kappa shape index (κ2) is 11.5. The Bertz CT molecular complexity index is 221. The van der Waals surface area contributed by atoms with Crippen molar-refractivity contribution < 1.29 is 51.4 Å². The van der Waals surface area contributed by atoms with Crippen LogP contribution < -0.4 is 51.4 Å². The molecule has 0 aliphatic heterocycles. The Morgan fingerprint density at radius 2 is 1.05 bits per heavy atom. The summed E-state index contributed by atoms with van der Waals surface area (Å²) in [5.74, 6) is 0. The van der Waals surface area contributed by atoms with E-state index < -0.39 is 17.9 Å². The molecule has 116 valence electrons. The van der Waals surface area contributed by atoms with E-state index in [9.17, 15) is 0 Å². The average Bonchev–Trinajstić information content (AvgIpc) is 2.33. The van der Waals surface area contributed by atoms with Gasteiger partial charge in [0.25, 0.3) is 0 Å². The minimum Gasteiger partial charge on any atom is -0.671 e. The summed E-state index contributed by atoms with van der Waals surface area (Å²) in [6.45, 7) is 19.4. The fourth-order valence-electron chi connectivity index (χ4n) is 2.42. The standard InChI is InChI=1S/C16H38NSi2.K/c1-9-11-13-15(3,4)18(7)17-19(8)16(5,6)14-12-10-2;/h18-19H,9-14H2,1-8H3;/q-1;+1. The van der Waals surface area contributed by atoms with Crippen LogP contribution in [0.3, 0.4) is 0 Å². The summed E-state index contributed by atoms with van der Waals surface area (Å²) in [5.41, 5.74) is 0. The van der Waals surface area contributed by atoms with Gasteiger partial charge in [-0.2, -0.15) is 0 Å². The van der Waals surface area contributed by atoms with Crippen molar-refractivity contribution in [3.05, 3.63) is 4.65 Å². The summed E-state index contributed by atoms with van der Waals surface area (Å²) >= 11 is 0. The van der Waals surface area contributed by atoms with E-state index in [2.05, 4.69) is 54.6 Å². The Balaban J connectivity index is 0. The molecule has 2 unspecified atom stereocenters. The zero-order valence-corrected chi connectivity index (χ0v) is 21.3. The van der Waals surface area contributed by atoms with Crippen molar-refractivity contribution in [1.29, 1.82) is 0 Å². The van der Waals surface area contributed by atoms with Crippen molar-refractivity contribution in [2.45, 2.75) is 103 Å². The quantitative estimate of drug-likeness (QED) is 0.543. The summed E-state index contributed by atoms with van der Waals surface area (Å²) < 4.78 is 5.40. The number of rotatable bonds is 10. The molecule has 4 heteroatoms. The third-order valence-corrected chi connectivity index (χ3v) is 13.7. The van der Waals surface area contributed by atoms with Gasteiger partial charge in [0.05, 0.1) is 0 Å². The predicted octanol–water partition coefficient (Wildman–Crippen LogP) is 3.01. The van der Waals surface area contributed by atoms with Gasteiger partial charge in [0, 0.05) is 0 Å². The van der Waals surface area contributed by atoms with Gasteiger partial charge in [0.15, 0.2) is 0 Å². The summed E-state index contributed by atoms with van der Waals surface area (Å²) in [4.78, 5) is 0. The molecule has 20 heavy (non-hydrogen) atoms. The van der Waals surface area contributed by atoms with Crippen molar-refractivity contribution in [3.63, 3.8) is 0 Å². The molecule has 0 aromatic carbocycles. The van der Waals surface area contributed by atoms with Crippen LogP contribution in [0.2, 0.25) is 23.2 Å². The fraction of sp³-hybridized carbons (Fsp3) is 1.00. The van der Waals surface area contributed by atoms with Gasteiger partial charge in [-0.15, -0.1) is 0 Å². The van der Waals surface area contributed by atoms with Crippen molar-refractivity contribution in [2.24, 2.45) is 0 Å². The molecule has 0 amide bonds. The second-order valence-corrected chi connectivity index (χ2v) is 14.7. The first-order valence-electron chi connectivity index (χ1n) is 8.37. The zero-order valence-electron chi connectivity index (χ0n) is 15.8. The minimum absolute atomic E-state index is 0. The van der Waals surface area contributed by atoms with Gasteiger partial charge in [-0.05, 0) is 0 Å². The molecule has 0 aliphatic rings. The van der Waals surface area contributed by atoms with E-state index in [0.717, 1.165) is 0 Å². The van der Waals surface area contributed by atoms with Crippen LogP contribution in [0.4, 0.5) is 0 Å². The number of hydrogen-bond acceptors (Lipinski definition) is 0. The molecule has 0 rings (SSSR count). The van der Waals surface area contributed by atoms with E-state index in [1.165, 1.54) is 38.5 Å². The molecule has 0 saturated heterocycles. The monoisotopic (exact) mass is 339 g/mol. The normalized spacial score (nSPS) is 15.6. The third-order valence-electron chi connectivity index (χ3n) is 5.06. The van der Waals surface area contributed by atoms with Crippen LogP contribution in [-0.2, 0) is 0 Å². The molecule has 0 aromatic heterocycles. The van der Waals surface area contributed by atoms with Crippen LogP contribution in [0, 0.1) is 0 Å². The average molecular weight is 340 g/mol. The third kappa shape index (κ3) is 9.23. The van der Waals surface area contributed by atoms with Crippen molar-refractivity contribution >= 4 is 17.9 Å². The number of unbranched alkanes of at least 4 members (excludes halogenated alkanes) is 2. The Kier molecular flexibility index (Phi) is 14.0. The molecule has 0 bridgehead atoms. The van der Waals surface area contributed by atoms with Gasteiger partial charge < -0.3 is 4.65 Å². The SMILES string of the molecule is CCCCC(C)(C)[SiH](C)[N-][SiH](C)C(C)(C)CCCC.[K+]. The maximum atomic E-state index is 5.40. The van der Waals surface area contributed by atoms with Crippen LogP contribution in [0.15, 0.2) is 0 Å². The van der Waals surface area contributed by atoms with E-state index in [4.69, 9.17) is 4.65 Å². The van der Waals surface area contributed by atoms with Crippen LogP contribution in [0.25, 0.3) is 4.65 Å². The van der Waals surface area contributed by atoms with Gasteiger partial charge in [-0.3, -0.25) is 0 Å². The topological polar surface area (TPSA) is 14.1 Å². The van der Waals surface area contributed by atoms with Crippen molar-refractivity contribution in [2.75, 3.05) is 0 Å². The van der Waals surface area contributed by atoms with Crippen molar-refractivity contribution in [1.82, 2.24) is 0 Å². The predicted molar refractivity (Wildman–Crippen MR) is 96.5 cm³/mol. The maximum Gasteiger partial charge on any atom is 1.00 e. The molecule has 1 nitrogen and oxygen atoms in total. The molecule has 0 aliphatic carbocycles. The summed E-state index contributed by atoms with van der Waals surface area (Å²) in [6, 6.07) is 0. The molecule has 0 fully saturated rings. The first-order valence-corrected chi connectivity index (χ1v) is 12.9. The minimum atomic E-state index is -0.948. The van der Waals surface area contributed by atoms with Gasteiger partial charge in [0.1, 0.15) is 0 Å². The molecule has 0 saturated carbocycles. The van der Waals surface area contributed by atoms with Crippen molar-refractivity contribution in [3.8, 4) is 0 Å². The molecule has 2 atom stereocenters. The molecule has 0 radical (unpaired) electrons. The molecular weight excluding hydrogens is 301 g/mol. The summed E-state index contributed by atoms with van der Waals surface area (Å²) in [7, 11) is -1.90. The van der Waals surface area contributed by atoms with Crippen LogP contribution in [0.5, 0.6) is 0 Å². The Morgan fingerprint density at radius 3 is 1.30 bits per heavy atom. The number of nitrogens with zero attached hydrogens (tertiary/aromatic N) is 1. The zero-order chi connectivity index (χ0) is 15.1. The fourth-order valence-corrected chi connectivity index (χ4v) is 9.58. The second-order valence-electron chi connectivity index (χ2n) is 7.69. The molecule has 0 N–H and O–H groups in total. The first-order chi connectivity index (χ1) is 8.67. The number of hydrogen-bond donors (Lipinski definition) is 0. The van der Waals surface area contributed by atoms with E-state index in [1.807, 2.05) is 0 Å². The van der Waals surface area contributed by atoms with Crippen LogP contribution >= 0.6 is 0 Å².